The van der Waals surface area contributed by atoms with E-state index in [4.69, 9.17) is 0 Å². The van der Waals surface area contributed by atoms with Crippen molar-refractivity contribution in [3.63, 3.8) is 0 Å². The van der Waals surface area contributed by atoms with Crippen LogP contribution in [0.15, 0.2) is 0 Å². The molecule has 0 spiro atoms. The molecule has 0 aromatic carbocycles. The fourth-order valence-corrected chi connectivity index (χ4v) is 3.19. The van der Waals surface area contributed by atoms with Crippen molar-refractivity contribution in [2.24, 2.45) is 0 Å². The largest absolute Gasteiger partial charge is 0.352 e. The molecule has 0 unspecified atom stereocenters. The van der Waals surface area contributed by atoms with Gasteiger partial charge in [-0.25, -0.2) is 0 Å². The number of nitro groups is 1. The summed E-state index contributed by atoms with van der Waals surface area (Å²) in [6, 6.07) is 0.357. The second-order valence-corrected chi connectivity index (χ2v) is 6.93. The summed E-state index contributed by atoms with van der Waals surface area (Å²) < 4.78 is 1.39. The van der Waals surface area contributed by atoms with Gasteiger partial charge in [-0.1, -0.05) is 0 Å². The number of nitrogens with zero attached hydrogens (tertiary/aromatic N) is 5. The van der Waals surface area contributed by atoms with Crippen molar-refractivity contribution < 1.29 is 14.5 Å². The van der Waals surface area contributed by atoms with Crippen LogP contribution in [-0.4, -0.2) is 75.1 Å². The van der Waals surface area contributed by atoms with E-state index < -0.39 is 4.92 Å². The standard InChI is InChI=1S/C16H24N6O4/c1-11-16(22(25)26)12(2)21(18-11)10-15(24)20-7-5-19(6-8-20)9-14(23)17-13-3-4-13/h13H,3-10H2,1-2H3,(H,17,23). The Labute approximate surface area is 151 Å². The minimum Gasteiger partial charge on any atom is -0.352 e. The predicted molar refractivity (Wildman–Crippen MR) is 92.5 cm³/mol. The van der Waals surface area contributed by atoms with Gasteiger partial charge >= 0.3 is 5.69 Å². The van der Waals surface area contributed by atoms with E-state index >= 15 is 0 Å². The SMILES string of the molecule is Cc1nn(CC(=O)N2CCN(CC(=O)NC3CC3)CC2)c(C)c1[N+](=O)[O-]. The lowest BCUT2D eigenvalue weighted by atomic mass is 10.3. The molecule has 1 saturated heterocycles. The molecule has 1 saturated carbocycles. The van der Waals surface area contributed by atoms with Crippen molar-refractivity contribution in [2.45, 2.75) is 39.3 Å². The van der Waals surface area contributed by atoms with Gasteiger partial charge in [-0.3, -0.25) is 29.3 Å². The van der Waals surface area contributed by atoms with Gasteiger partial charge in [-0.2, -0.15) is 5.10 Å². The zero-order valence-electron chi connectivity index (χ0n) is 15.1. The first kappa shape index (κ1) is 18.3. The van der Waals surface area contributed by atoms with Crippen LogP contribution in [0.4, 0.5) is 5.69 Å². The molecule has 0 bridgehead atoms. The first-order valence-electron chi connectivity index (χ1n) is 8.83. The third kappa shape index (κ3) is 4.18. The van der Waals surface area contributed by atoms with Crippen molar-refractivity contribution in [2.75, 3.05) is 32.7 Å². The monoisotopic (exact) mass is 364 g/mol. The maximum Gasteiger partial charge on any atom is 0.312 e. The lowest BCUT2D eigenvalue weighted by Crippen LogP contribution is -2.51. The molecule has 10 heteroatoms. The average Bonchev–Trinajstić information content (AvgIpc) is 3.33. The summed E-state index contributed by atoms with van der Waals surface area (Å²) in [7, 11) is 0. The minimum absolute atomic E-state index is 0.0112. The van der Waals surface area contributed by atoms with Crippen LogP contribution >= 0.6 is 0 Å². The number of hydrogen-bond acceptors (Lipinski definition) is 6. The Kier molecular flexibility index (Phi) is 5.21. The molecule has 1 aliphatic heterocycles. The van der Waals surface area contributed by atoms with Gasteiger partial charge in [0.05, 0.1) is 11.5 Å². The van der Waals surface area contributed by atoms with E-state index in [0.29, 0.717) is 50.2 Å². The van der Waals surface area contributed by atoms with Crippen molar-refractivity contribution in [1.29, 1.82) is 0 Å². The number of carbonyl (C=O) groups excluding carboxylic acids is 2. The first-order valence-corrected chi connectivity index (χ1v) is 8.83. The summed E-state index contributed by atoms with van der Waals surface area (Å²) in [5.41, 5.74) is 0.660. The summed E-state index contributed by atoms with van der Waals surface area (Å²) >= 11 is 0. The van der Waals surface area contributed by atoms with E-state index in [-0.39, 0.29) is 24.0 Å². The Morgan fingerprint density at radius 2 is 1.85 bits per heavy atom. The van der Waals surface area contributed by atoms with Crippen LogP contribution in [0.5, 0.6) is 0 Å². The molecule has 10 nitrogen and oxygen atoms in total. The van der Waals surface area contributed by atoms with Gasteiger partial charge in [0.25, 0.3) is 0 Å². The third-order valence-electron chi connectivity index (χ3n) is 4.85. The highest BCUT2D eigenvalue weighted by molar-refractivity contribution is 5.79. The number of aromatic nitrogens is 2. The number of piperazine rings is 1. The van der Waals surface area contributed by atoms with Gasteiger partial charge in [0.2, 0.25) is 11.8 Å². The Morgan fingerprint density at radius 1 is 1.19 bits per heavy atom. The van der Waals surface area contributed by atoms with Crippen LogP contribution < -0.4 is 5.32 Å². The molecule has 1 N–H and O–H groups in total. The van der Waals surface area contributed by atoms with E-state index in [1.807, 2.05) is 4.90 Å². The number of nitrogens with one attached hydrogen (secondary N) is 1. The van der Waals surface area contributed by atoms with Gasteiger partial charge in [0.1, 0.15) is 17.9 Å². The maximum atomic E-state index is 12.5. The molecule has 2 fully saturated rings. The normalized spacial score (nSPS) is 18.0. The van der Waals surface area contributed by atoms with Crippen LogP contribution in [0.25, 0.3) is 0 Å². The first-order chi connectivity index (χ1) is 12.3. The minimum atomic E-state index is -0.468. The average molecular weight is 364 g/mol. The Bertz CT molecular complexity index is 719. The molecule has 2 heterocycles. The Balaban J connectivity index is 1.50. The second-order valence-electron chi connectivity index (χ2n) is 6.93. The molecule has 1 aromatic rings. The van der Waals surface area contributed by atoms with Crippen LogP contribution in [-0.2, 0) is 16.1 Å². The van der Waals surface area contributed by atoms with E-state index in [1.165, 1.54) is 4.68 Å². The molecule has 2 amide bonds. The highest BCUT2D eigenvalue weighted by Gasteiger charge is 2.28. The van der Waals surface area contributed by atoms with Crippen LogP contribution in [0.1, 0.15) is 24.2 Å². The molecule has 1 aromatic heterocycles. The van der Waals surface area contributed by atoms with Gasteiger partial charge < -0.3 is 10.2 Å². The number of amides is 2. The Hall–Kier alpha value is -2.49. The molecular formula is C16H24N6O4. The summed E-state index contributed by atoms with van der Waals surface area (Å²) in [6.07, 6.45) is 2.14. The zero-order chi connectivity index (χ0) is 18.8. The third-order valence-corrected chi connectivity index (χ3v) is 4.85. The molecule has 1 aliphatic carbocycles. The van der Waals surface area contributed by atoms with Gasteiger partial charge in [-0.15, -0.1) is 0 Å². The highest BCUT2D eigenvalue weighted by Crippen LogP contribution is 2.22. The predicted octanol–water partition coefficient (Wildman–Crippen LogP) is -0.169. The van der Waals surface area contributed by atoms with Gasteiger partial charge in [-0.05, 0) is 26.7 Å². The molecule has 0 radical (unpaired) electrons. The second kappa shape index (κ2) is 7.40. The summed E-state index contributed by atoms with van der Waals surface area (Å²) in [5, 5.41) is 18.1. The van der Waals surface area contributed by atoms with Crippen LogP contribution in [0.2, 0.25) is 0 Å². The quantitative estimate of drug-likeness (QED) is 0.554. The zero-order valence-corrected chi connectivity index (χ0v) is 15.1. The van der Waals surface area contributed by atoms with E-state index in [2.05, 4.69) is 10.4 Å². The molecule has 2 aliphatic rings. The number of aryl methyl sites for hydroxylation is 1. The van der Waals surface area contributed by atoms with Crippen molar-refractivity contribution in [3.8, 4) is 0 Å². The van der Waals surface area contributed by atoms with Crippen LogP contribution in [0, 0.1) is 24.0 Å². The fourth-order valence-electron chi connectivity index (χ4n) is 3.19. The number of carbonyl (C=O) groups is 2. The molecule has 3 rings (SSSR count). The molecule has 0 atom stereocenters. The topological polar surface area (TPSA) is 114 Å². The van der Waals surface area contributed by atoms with Crippen molar-refractivity contribution in [3.05, 3.63) is 21.5 Å². The van der Waals surface area contributed by atoms with E-state index in [9.17, 15) is 19.7 Å². The molecular weight excluding hydrogens is 340 g/mol. The molecule has 142 valence electrons. The lowest BCUT2D eigenvalue weighted by molar-refractivity contribution is -0.386. The summed E-state index contributed by atoms with van der Waals surface area (Å²) in [6.45, 7) is 5.88. The summed E-state index contributed by atoms with van der Waals surface area (Å²) in [5.74, 6) is -0.0743. The van der Waals surface area contributed by atoms with Crippen molar-refractivity contribution >= 4 is 17.5 Å². The molecule has 26 heavy (non-hydrogen) atoms. The van der Waals surface area contributed by atoms with Crippen LogP contribution in [0.3, 0.4) is 0 Å². The van der Waals surface area contributed by atoms with E-state index in [1.54, 1.807) is 18.7 Å². The van der Waals surface area contributed by atoms with E-state index in [0.717, 1.165) is 12.8 Å². The van der Waals surface area contributed by atoms with Crippen molar-refractivity contribution in [1.82, 2.24) is 24.9 Å². The fraction of sp³-hybridized carbons (Fsp3) is 0.688. The smallest absolute Gasteiger partial charge is 0.312 e. The summed E-state index contributed by atoms with van der Waals surface area (Å²) in [4.78, 5) is 38.7. The lowest BCUT2D eigenvalue weighted by Gasteiger charge is -2.34. The van der Waals surface area contributed by atoms with Gasteiger partial charge in [0, 0.05) is 32.2 Å². The van der Waals surface area contributed by atoms with Gasteiger partial charge in [0.15, 0.2) is 0 Å². The number of rotatable bonds is 6. The Morgan fingerprint density at radius 3 is 2.38 bits per heavy atom. The maximum absolute atomic E-state index is 12.5. The number of hydrogen-bond donors (Lipinski definition) is 1. The highest BCUT2D eigenvalue weighted by atomic mass is 16.6.